The summed E-state index contributed by atoms with van der Waals surface area (Å²) in [5.74, 6) is 1.36. The van der Waals surface area contributed by atoms with Crippen molar-refractivity contribution in [3.63, 3.8) is 0 Å². The lowest BCUT2D eigenvalue weighted by molar-refractivity contribution is 0.0929. The van der Waals surface area contributed by atoms with E-state index >= 15 is 0 Å². The topological polar surface area (TPSA) is 67.6 Å². The van der Waals surface area contributed by atoms with E-state index in [0.717, 1.165) is 29.6 Å². The fraction of sp³-hybridized carbons (Fsp3) is 0.364. The molecule has 0 aliphatic carbocycles. The van der Waals surface area contributed by atoms with Crippen LogP contribution < -0.4 is 10.1 Å². The smallest absolute Gasteiger partial charge is 0.251 e. The lowest BCUT2D eigenvalue weighted by Gasteiger charge is -2.28. The molecule has 0 saturated heterocycles. The van der Waals surface area contributed by atoms with Crippen LogP contribution in [0.2, 0.25) is 0 Å². The van der Waals surface area contributed by atoms with E-state index in [1.165, 1.54) is 0 Å². The standard InChI is InChI=1S/C22H27N3O3S/c1-4-25(5-2)20(21-10-7-11-27-21)13-23-22(26)17-8-6-9-19(12-17)28-14-18-15-29-16(3)24-18/h6-12,15,20H,4-5,13-14H2,1-3H3,(H,23,26). The van der Waals surface area contributed by atoms with E-state index in [1.54, 1.807) is 29.7 Å². The molecule has 29 heavy (non-hydrogen) atoms. The Morgan fingerprint density at radius 1 is 1.28 bits per heavy atom. The van der Waals surface area contributed by atoms with Crippen LogP contribution in [0.4, 0.5) is 0 Å². The van der Waals surface area contributed by atoms with Crippen molar-refractivity contribution >= 4 is 17.2 Å². The van der Waals surface area contributed by atoms with Crippen LogP contribution in [0.25, 0.3) is 0 Å². The average molecular weight is 414 g/mol. The number of benzene rings is 1. The summed E-state index contributed by atoms with van der Waals surface area (Å²) < 4.78 is 11.4. The van der Waals surface area contributed by atoms with Gasteiger partial charge in [0.05, 0.1) is 23.0 Å². The highest BCUT2D eigenvalue weighted by atomic mass is 32.1. The third-order valence-corrected chi connectivity index (χ3v) is 5.55. The van der Waals surface area contributed by atoms with Crippen LogP contribution in [-0.2, 0) is 6.61 Å². The molecule has 0 aliphatic rings. The molecule has 0 radical (unpaired) electrons. The number of ether oxygens (including phenoxy) is 1. The van der Waals surface area contributed by atoms with Crippen LogP contribution in [0.3, 0.4) is 0 Å². The predicted octanol–water partition coefficient (Wildman–Crippen LogP) is 4.44. The molecule has 0 aliphatic heterocycles. The van der Waals surface area contributed by atoms with Crippen LogP contribution in [0.1, 0.15) is 46.7 Å². The second kappa shape index (κ2) is 10.2. The van der Waals surface area contributed by atoms with Gasteiger partial charge < -0.3 is 14.5 Å². The molecule has 0 saturated carbocycles. The van der Waals surface area contributed by atoms with E-state index in [9.17, 15) is 4.79 Å². The molecule has 6 nitrogen and oxygen atoms in total. The zero-order chi connectivity index (χ0) is 20.6. The van der Waals surface area contributed by atoms with E-state index in [-0.39, 0.29) is 11.9 Å². The molecule has 7 heteroatoms. The van der Waals surface area contributed by atoms with Crippen LogP contribution in [0.15, 0.2) is 52.5 Å². The van der Waals surface area contributed by atoms with Crippen molar-refractivity contribution in [1.29, 1.82) is 0 Å². The third-order valence-electron chi connectivity index (χ3n) is 4.73. The predicted molar refractivity (Wildman–Crippen MR) is 114 cm³/mol. The summed E-state index contributed by atoms with van der Waals surface area (Å²) in [6.45, 7) is 8.77. The van der Waals surface area contributed by atoms with Crippen molar-refractivity contribution in [2.75, 3.05) is 19.6 Å². The number of rotatable bonds is 10. The third kappa shape index (κ3) is 5.68. The lowest BCUT2D eigenvalue weighted by Crippen LogP contribution is -2.37. The molecule has 3 aromatic rings. The molecule has 0 bridgehead atoms. The van der Waals surface area contributed by atoms with Crippen LogP contribution >= 0.6 is 11.3 Å². The van der Waals surface area contributed by atoms with Gasteiger partial charge in [-0.1, -0.05) is 19.9 Å². The highest BCUT2D eigenvalue weighted by Gasteiger charge is 2.21. The molecular formula is C22H27N3O3S. The zero-order valence-electron chi connectivity index (χ0n) is 17.1. The van der Waals surface area contributed by atoms with Gasteiger partial charge in [0, 0.05) is 17.5 Å². The first-order valence-corrected chi connectivity index (χ1v) is 10.7. The number of aromatic nitrogens is 1. The number of nitrogens with one attached hydrogen (secondary N) is 1. The number of thiazole rings is 1. The second-order valence-corrected chi connectivity index (χ2v) is 7.70. The Bertz CT molecular complexity index is 904. The van der Waals surface area contributed by atoms with Crippen molar-refractivity contribution in [3.8, 4) is 5.75 Å². The van der Waals surface area contributed by atoms with E-state index < -0.39 is 0 Å². The Kier molecular flexibility index (Phi) is 7.43. The molecule has 0 spiro atoms. The van der Waals surface area contributed by atoms with Gasteiger partial charge in [0.1, 0.15) is 18.1 Å². The number of aryl methyl sites for hydroxylation is 1. The number of amides is 1. The van der Waals surface area contributed by atoms with Gasteiger partial charge in [0.2, 0.25) is 0 Å². The highest BCUT2D eigenvalue weighted by molar-refractivity contribution is 7.09. The molecule has 0 fully saturated rings. The van der Waals surface area contributed by atoms with Gasteiger partial charge in [0.15, 0.2) is 0 Å². The summed E-state index contributed by atoms with van der Waals surface area (Å²) in [4.78, 5) is 19.4. The van der Waals surface area contributed by atoms with E-state index in [2.05, 4.69) is 29.0 Å². The summed E-state index contributed by atoms with van der Waals surface area (Å²) in [7, 11) is 0. The molecule has 1 atom stereocenters. The fourth-order valence-electron chi connectivity index (χ4n) is 3.21. The molecule has 1 N–H and O–H groups in total. The Hall–Kier alpha value is -2.64. The van der Waals surface area contributed by atoms with Crippen molar-refractivity contribution in [3.05, 3.63) is 70.1 Å². The van der Waals surface area contributed by atoms with Gasteiger partial charge in [0.25, 0.3) is 5.91 Å². The molecule has 1 amide bonds. The van der Waals surface area contributed by atoms with Crippen molar-refractivity contribution in [1.82, 2.24) is 15.2 Å². The van der Waals surface area contributed by atoms with Crippen LogP contribution in [0, 0.1) is 6.92 Å². The first kappa shape index (κ1) is 21.1. The number of hydrogen-bond donors (Lipinski definition) is 1. The van der Waals surface area contributed by atoms with Crippen molar-refractivity contribution in [2.45, 2.75) is 33.4 Å². The summed E-state index contributed by atoms with van der Waals surface area (Å²) in [5.41, 5.74) is 1.46. The summed E-state index contributed by atoms with van der Waals surface area (Å²) in [6.07, 6.45) is 1.66. The number of furan rings is 1. The Morgan fingerprint density at radius 3 is 2.76 bits per heavy atom. The maximum atomic E-state index is 12.7. The van der Waals surface area contributed by atoms with Crippen LogP contribution in [-0.4, -0.2) is 35.4 Å². The fourth-order valence-corrected chi connectivity index (χ4v) is 3.80. The average Bonchev–Trinajstić information content (AvgIpc) is 3.41. The molecule has 2 heterocycles. The SMILES string of the molecule is CCN(CC)C(CNC(=O)c1cccc(OCc2csc(C)n2)c1)c1ccco1. The molecule has 154 valence electrons. The molecule has 2 aromatic heterocycles. The second-order valence-electron chi connectivity index (χ2n) is 6.64. The summed E-state index contributed by atoms with van der Waals surface area (Å²) in [5, 5.41) is 6.02. The lowest BCUT2D eigenvalue weighted by atomic mass is 10.1. The van der Waals surface area contributed by atoms with Gasteiger partial charge in [-0.3, -0.25) is 9.69 Å². The molecule has 1 unspecified atom stereocenters. The van der Waals surface area contributed by atoms with E-state index in [0.29, 0.717) is 24.5 Å². The number of carbonyl (C=O) groups excluding carboxylic acids is 1. The normalized spacial score (nSPS) is 12.1. The largest absolute Gasteiger partial charge is 0.487 e. The number of hydrogen-bond acceptors (Lipinski definition) is 6. The van der Waals surface area contributed by atoms with Crippen molar-refractivity contribution < 1.29 is 13.9 Å². The quantitative estimate of drug-likeness (QED) is 0.532. The maximum absolute atomic E-state index is 12.7. The van der Waals surface area contributed by atoms with Gasteiger partial charge in [-0.25, -0.2) is 4.98 Å². The number of nitrogens with zero attached hydrogens (tertiary/aromatic N) is 2. The molecule has 3 rings (SSSR count). The summed E-state index contributed by atoms with van der Waals surface area (Å²) >= 11 is 1.59. The van der Waals surface area contributed by atoms with Gasteiger partial charge in [-0.05, 0) is 50.3 Å². The molecular weight excluding hydrogens is 386 g/mol. The highest BCUT2D eigenvalue weighted by Crippen LogP contribution is 2.21. The maximum Gasteiger partial charge on any atom is 0.251 e. The van der Waals surface area contributed by atoms with Crippen LogP contribution in [0.5, 0.6) is 5.75 Å². The number of carbonyl (C=O) groups is 1. The monoisotopic (exact) mass is 413 g/mol. The minimum atomic E-state index is -0.135. The first-order valence-electron chi connectivity index (χ1n) is 9.80. The van der Waals surface area contributed by atoms with Gasteiger partial charge >= 0.3 is 0 Å². The molecule has 1 aromatic carbocycles. The Morgan fingerprint density at radius 2 is 2.10 bits per heavy atom. The first-order chi connectivity index (χ1) is 14.1. The van der Waals surface area contributed by atoms with Gasteiger partial charge in [-0.2, -0.15) is 0 Å². The summed E-state index contributed by atoms with van der Waals surface area (Å²) in [6, 6.07) is 11.0. The minimum absolute atomic E-state index is 0.00344. The minimum Gasteiger partial charge on any atom is -0.487 e. The van der Waals surface area contributed by atoms with E-state index in [4.69, 9.17) is 9.15 Å². The number of likely N-dealkylation sites (N-methyl/N-ethyl adjacent to an activating group) is 1. The zero-order valence-corrected chi connectivity index (χ0v) is 17.9. The van der Waals surface area contributed by atoms with E-state index in [1.807, 2.05) is 36.6 Å². The van der Waals surface area contributed by atoms with Gasteiger partial charge in [-0.15, -0.1) is 11.3 Å². The Balaban J connectivity index is 1.62. The van der Waals surface area contributed by atoms with Crippen molar-refractivity contribution in [2.24, 2.45) is 0 Å². The Labute approximate surface area is 175 Å².